The quantitative estimate of drug-likeness (QED) is 0.684. The molecule has 4 aliphatic carbocycles. The third kappa shape index (κ3) is 4.64. The summed E-state index contributed by atoms with van der Waals surface area (Å²) in [5.41, 5.74) is 1.19. The Balaban J connectivity index is 1.01. The maximum absolute atomic E-state index is 13.0. The fraction of sp³-hybridized carbons (Fsp3) is 0.720. The number of amides is 2. The van der Waals surface area contributed by atoms with Gasteiger partial charge in [0, 0.05) is 63.5 Å². The first-order chi connectivity index (χ1) is 15.1. The Morgan fingerprint density at radius 3 is 2.19 bits per heavy atom. The second kappa shape index (κ2) is 8.89. The molecule has 2 heterocycles. The van der Waals surface area contributed by atoms with Gasteiger partial charge in [-0.2, -0.15) is 0 Å². The molecule has 1 N–H and O–H groups in total. The highest BCUT2D eigenvalue weighted by Crippen LogP contribution is 2.60. The van der Waals surface area contributed by atoms with E-state index < -0.39 is 0 Å². The van der Waals surface area contributed by atoms with E-state index in [1.54, 1.807) is 0 Å². The van der Waals surface area contributed by atoms with E-state index in [4.69, 9.17) is 0 Å². The number of hydrogen-bond donors (Lipinski definition) is 1. The molecule has 6 heteroatoms. The summed E-state index contributed by atoms with van der Waals surface area (Å²) in [6.07, 6.45) is 12.3. The van der Waals surface area contributed by atoms with Crippen LogP contribution in [0.1, 0.15) is 56.9 Å². The topological polar surface area (TPSA) is 65.5 Å². The van der Waals surface area contributed by atoms with E-state index in [9.17, 15) is 9.59 Å². The number of carbonyl (C=O) groups is 2. The number of pyridine rings is 1. The van der Waals surface area contributed by atoms with E-state index in [2.05, 4.69) is 27.3 Å². The van der Waals surface area contributed by atoms with Crippen LogP contribution in [0.4, 0.5) is 0 Å². The molecule has 0 aromatic carbocycles. The van der Waals surface area contributed by atoms with Gasteiger partial charge in [0.1, 0.15) is 0 Å². The minimum absolute atomic E-state index is 0.0795. The molecule has 0 atom stereocenters. The van der Waals surface area contributed by atoms with Crippen LogP contribution < -0.4 is 5.32 Å². The number of nitrogens with zero attached hydrogens (tertiary/aromatic N) is 3. The van der Waals surface area contributed by atoms with Crippen molar-refractivity contribution < 1.29 is 9.59 Å². The molecular formula is C25H36N4O2. The van der Waals surface area contributed by atoms with Crippen LogP contribution in [0.25, 0.3) is 0 Å². The van der Waals surface area contributed by atoms with Crippen LogP contribution in [-0.4, -0.2) is 59.3 Å². The average Bonchev–Trinajstić information content (AvgIpc) is 2.77. The average molecular weight is 425 g/mol. The minimum atomic E-state index is -0.0795. The van der Waals surface area contributed by atoms with Crippen LogP contribution in [-0.2, 0) is 16.1 Å². The molecule has 6 nitrogen and oxygen atoms in total. The summed E-state index contributed by atoms with van der Waals surface area (Å²) in [5, 5.41) is 3.21. The number of piperazine rings is 1. The van der Waals surface area contributed by atoms with Gasteiger partial charge in [0.05, 0.1) is 0 Å². The van der Waals surface area contributed by atoms with Gasteiger partial charge < -0.3 is 10.2 Å². The van der Waals surface area contributed by atoms with Gasteiger partial charge in [-0.15, -0.1) is 0 Å². The Hall–Kier alpha value is -1.95. The zero-order valence-electron chi connectivity index (χ0n) is 18.6. The molecule has 1 aliphatic heterocycles. The molecule has 31 heavy (non-hydrogen) atoms. The maximum Gasteiger partial charge on any atom is 0.226 e. The predicted molar refractivity (Wildman–Crippen MR) is 119 cm³/mol. The minimum Gasteiger partial charge on any atom is -0.356 e. The van der Waals surface area contributed by atoms with Crippen molar-refractivity contribution in [2.75, 3.05) is 32.7 Å². The van der Waals surface area contributed by atoms with Crippen molar-refractivity contribution in [2.45, 2.75) is 57.9 Å². The van der Waals surface area contributed by atoms with Crippen molar-refractivity contribution in [3.8, 4) is 0 Å². The van der Waals surface area contributed by atoms with E-state index in [1.807, 2.05) is 17.3 Å². The second-order valence-electron chi connectivity index (χ2n) is 10.6. The lowest BCUT2D eigenvalue weighted by Crippen LogP contribution is -2.53. The molecule has 0 radical (unpaired) electrons. The highest BCUT2D eigenvalue weighted by Gasteiger charge is 2.54. The highest BCUT2D eigenvalue weighted by molar-refractivity contribution is 5.83. The number of aromatic nitrogens is 1. The molecule has 4 saturated carbocycles. The fourth-order valence-corrected chi connectivity index (χ4v) is 7.08. The molecule has 1 aromatic heterocycles. The lowest BCUT2D eigenvalue weighted by molar-refractivity contribution is -0.146. The molecule has 6 rings (SSSR count). The maximum atomic E-state index is 13.0. The summed E-state index contributed by atoms with van der Waals surface area (Å²) in [5.74, 6) is 2.87. The fourth-order valence-electron chi connectivity index (χ4n) is 7.08. The van der Waals surface area contributed by atoms with Gasteiger partial charge in [0.2, 0.25) is 11.8 Å². The molecule has 1 saturated heterocycles. The standard InChI is InChI=1S/C25H36N4O2/c30-23(29-10-8-28(9-11-29)18-19-3-6-26-7-4-19)2-1-5-27-24(31)25-15-20-12-21(16-25)14-22(13-20)17-25/h3-4,6-7,20-22H,1-2,5,8-18H2,(H,27,31). The number of nitrogens with one attached hydrogen (secondary N) is 1. The first-order valence-corrected chi connectivity index (χ1v) is 12.3. The number of rotatable bonds is 7. The lowest BCUT2D eigenvalue weighted by atomic mass is 9.49. The summed E-state index contributed by atoms with van der Waals surface area (Å²) in [6.45, 7) is 4.97. The zero-order chi connectivity index (χ0) is 21.3. The molecule has 4 bridgehead atoms. The van der Waals surface area contributed by atoms with Crippen LogP contribution >= 0.6 is 0 Å². The van der Waals surface area contributed by atoms with Gasteiger partial charge in [0.25, 0.3) is 0 Å². The van der Waals surface area contributed by atoms with Crippen LogP contribution in [0, 0.1) is 23.2 Å². The van der Waals surface area contributed by atoms with Crippen molar-refractivity contribution in [3.63, 3.8) is 0 Å². The largest absolute Gasteiger partial charge is 0.356 e. The molecule has 5 aliphatic rings. The summed E-state index contributed by atoms with van der Waals surface area (Å²) in [4.78, 5) is 34.1. The third-order valence-electron chi connectivity index (χ3n) is 8.25. The zero-order valence-corrected chi connectivity index (χ0v) is 18.6. The number of hydrogen-bond acceptors (Lipinski definition) is 4. The van der Waals surface area contributed by atoms with E-state index in [-0.39, 0.29) is 17.2 Å². The molecular weight excluding hydrogens is 388 g/mol. The van der Waals surface area contributed by atoms with Crippen molar-refractivity contribution in [1.82, 2.24) is 20.1 Å². The first kappa shape index (κ1) is 20.9. The van der Waals surface area contributed by atoms with Gasteiger partial charge in [-0.3, -0.25) is 19.5 Å². The molecule has 168 valence electrons. The summed E-state index contributed by atoms with van der Waals surface area (Å²) in [6, 6.07) is 4.10. The SMILES string of the molecule is O=C(CCCNC(=O)C12CC3CC(CC(C3)C1)C2)N1CCN(Cc2ccncc2)CC1. The van der Waals surface area contributed by atoms with E-state index in [0.29, 0.717) is 13.0 Å². The molecule has 0 unspecified atom stereocenters. The Morgan fingerprint density at radius 1 is 0.968 bits per heavy atom. The van der Waals surface area contributed by atoms with Crippen molar-refractivity contribution >= 4 is 11.8 Å². The van der Waals surface area contributed by atoms with Crippen LogP contribution in [0.15, 0.2) is 24.5 Å². The lowest BCUT2D eigenvalue weighted by Gasteiger charge is -2.55. The second-order valence-corrected chi connectivity index (χ2v) is 10.6. The van der Waals surface area contributed by atoms with Gasteiger partial charge in [-0.1, -0.05) is 0 Å². The van der Waals surface area contributed by atoms with Crippen LogP contribution in [0.2, 0.25) is 0 Å². The smallest absolute Gasteiger partial charge is 0.226 e. The van der Waals surface area contributed by atoms with E-state index in [1.165, 1.54) is 24.8 Å². The van der Waals surface area contributed by atoms with Crippen molar-refractivity contribution in [1.29, 1.82) is 0 Å². The summed E-state index contributed by atoms with van der Waals surface area (Å²) in [7, 11) is 0. The first-order valence-electron chi connectivity index (χ1n) is 12.3. The van der Waals surface area contributed by atoms with Gasteiger partial charge >= 0.3 is 0 Å². The van der Waals surface area contributed by atoms with Crippen molar-refractivity contribution in [2.24, 2.45) is 23.2 Å². The third-order valence-corrected chi connectivity index (χ3v) is 8.25. The van der Waals surface area contributed by atoms with E-state index in [0.717, 1.165) is 76.2 Å². The van der Waals surface area contributed by atoms with Crippen molar-refractivity contribution in [3.05, 3.63) is 30.1 Å². The predicted octanol–water partition coefficient (Wildman–Crippen LogP) is 2.84. The summed E-state index contributed by atoms with van der Waals surface area (Å²) >= 11 is 0. The van der Waals surface area contributed by atoms with E-state index >= 15 is 0 Å². The van der Waals surface area contributed by atoms with Gasteiger partial charge in [-0.05, 0) is 80.4 Å². The molecule has 0 spiro atoms. The molecule has 1 aromatic rings. The Labute approximate surface area is 185 Å². The van der Waals surface area contributed by atoms with Crippen LogP contribution in [0.5, 0.6) is 0 Å². The van der Waals surface area contributed by atoms with Crippen LogP contribution in [0.3, 0.4) is 0 Å². The van der Waals surface area contributed by atoms with Gasteiger partial charge in [-0.25, -0.2) is 0 Å². The Bertz CT molecular complexity index is 753. The number of carbonyl (C=O) groups excluding carboxylic acids is 2. The molecule has 2 amide bonds. The highest BCUT2D eigenvalue weighted by atomic mass is 16.2. The summed E-state index contributed by atoms with van der Waals surface area (Å²) < 4.78 is 0. The normalized spacial score (nSPS) is 32.3. The monoisotopic (exact) mass is 424 g/mol. The Morgan fingerprint density at radius 2 is 1.58 bits per heavy atom. The Kier molecular flexibility index (Phi) is 6.00. The molecule has 5 fully saturated rings. The van der Waals surface area contributed by atoms with Gasteiger partial charge in [0.15, 0.2) is 0 Å².